The maximum absolute atomic E-state index is 11.3. The van der Waals surface area contributed by atoms with Crippen LogP contribution in [0.15, 0.2) is 12.3 Å². The molecule has 0 aliphatic rings. The van der Waals surface area contributed by atoms with Gasteiger partial charge in [0.05, 0.1) is 0 Å². The van der Waals surface area contributed by atoms with E-state index in [2.05, 4.69) is 15.3 Å². The van der Waals surface area contributed by atoms with E-state index in [1.54, 1.807) is 0 Å². The molecule has 0 saturated carbocycles. The largest absolute Gasteiger partial charge is 0.396 e. The van der Waals surface area contributed by atoms with Gasteiger partial charge in [-0.05, 0) is 18.9 Å². The minimum Gasteiger partial charge on any atom is -0.396 e. The molecule has 0 aromatic carbocycles. The summed E-state index contributed by atoms with van der Waals surface area (Å²) >= 11 is 5.62. The van der Waals surface area contributed by atoms with E-state index in [-0.39, 0.29) is 23.6 Å². The number of aliphatic hydroxyl groups excluding tert-OH is 1. The first-order valence-corrected chi connectivity index (χ1v) is 4.99. The van der Waals surface area contributed by atoms with Crippen LogP contribution < -0.4 is 5.32 Å². The summed E-state index contributed by atoms with van der Waals surface area (Å²) in [5, 5.41) is 11.3. The second kappa shape index (κ2) is 6.31. The number of aromatic nitrogens is 2. The molecule has 0 radical (unpaired) electrons. The maximum Gasteiger partial charge on any atom is 0.230 e. The number of nitrogens with zero attached hydrogens (tertiary/aromatic N) is 2. The summed E-state index contributed by atoms with van der Waals surface area (Å²) < 4.78 is 0. The first-order valence-electron chi connectivity index (χ1n) is 4.61. The van der Waals surface area contributed by atoms with Crippen LogP contribution in [0, 0.1) is 0 Å². The third-order valence-electron chi connectivity index (χ3n) is 1.68. The number of amides is 1. The molecule has 5 nitrogen and oxygen atoms in total. The summed E-state index contributed by atoms with van der Waals surface area (Å²) in [6.07, 6.45) is 3.07. The normalized spacial score (nSPS) is 10.0. The first-order chi connectivity index (χ1) is 7.22. The molecule has 1 aromatic heterocycles. The number of hydrogen-bond acceptors (Lipinski definition) is 4. The van der Waals surface area contributed by atoms with Crippen LogP contribution in [0.1, 0.15) is 19.3 Å². The summed E-state index contributed by atoms with van der Waals surface area (Å²) in [5.74, 6) is 0.0298. The molecule has 1 amide bonds. The zero-order valence-corrected chi connectivity index (χ0v) is 8.87. The van der Waals surface area contributed by atoms with E-state index in [1.807, 2.05) is 0 Å². The molecule has 2 N–H and O–H groups in total. The summed E-state index contributed by atoms with van der Waals surface area (Å²) in [4.78, 5) is 18.9. The van der Waals surface area contributed by atoms with Gasteiger partial charge in [-0.1, -0.05) is 11.6 Å². The van der Waals surface area contributed by atoms with Crippen molar-refractivity contribution >= 4 is 23.5 Å². The number of unbranched alkanes of at least 4 members (excludes halogenated alkanes) is 1. The van der Waals surface area contributed by atoms with Crippen molar-refractivity contribution < 1.29 is 9.90 Å². The Kier molecular flexibility index (Phi) is 5.00. The first kappa shape index (κ1) is 11.9. The average molecular weight is 230 g/mol. The molecule has 0 unspecified atom stereocenters. The number of anilines is 1. The van der Waals surface area contributed by atoms with Crippen LogP contribution in [0.3, 0.4) is 0 Å². The molecular weight excluding hydrogens is 218 g/mol. The molecule has 1 heterocycles. The predicted molar refractivity (Wildman–Crippen MR) is 56.6 cm³/mol. The van der Waals surface area contributed by atoms with Crippen LogP contribution in [0.2, 0.25) is 5.15 Å². The number of aliphatic hydroxyl groups is 1. The van der Waals surface area contributed by atoms with Gasteiger partial charge in [0.2, 0.25) is 11.9 Å². The molecule has 15 heavy (non-hydrogen) atoms. The van der Waals surface area contributed by atoms with Crippen molar-refractivity contribution in [3.05, 3.63) is 17.4 Å². The zero-order valence-electron chi connectivity index (χ0n) is 8.11. The highest BCUT2D eigenvalue weighted by Crippen LogP contribution is 2.06. The fourth-order valence-corrected chi connectivity index (χ4v) is 1.12. The number of carbonyl (C=O) groups excluding carboxylic acids is 1. The van der Waals surface area contributed by atoms with E-state index in [9.17, 15) is 4.79 Å². The molecule has 0 aliphatic heterocycles. The lowest BCUT2D eigenvalue weighted by Gasteiger charge is -2.02. The van der Waals surface area contributed by atoms with Crippen molar-refractivity contribution in [2.24, 2.45) is 0 Å². The van der Waals surface area contributed by atoms with Gasteiger partial charge in [-0.2, -0.15) is 0 Å². The molecular formula is C9H12ClN3O2. The van der Waals surface area contributed by atoms with Crippen molar-refractivity contribution in [3.63, 3.8) is 0 Å². The number of carbonyl (C=O) groups is 1. The SMILES string of the molecule is O=C(CCCCO)Nc1nccc(Cl)n1. The summed E-state index contributed by atoms with van der Waals surface area (Å²) in [6, 6.07) is 1.53. The van der Waals surface area contributed by atoms with E-state index >= 15 is 0 Å². The number of rotatable bonds is 5. The highest BCUT2D eigenvalue weighted by atomic mass is 35.5. The van der Waals surface area contributed by atoms with Crippen molar-refractivity contribution in [2.45, 2.75) is 19.3 Å². The van der Waals surface area contributed by atoms with Crippen molar-refractivity contribution in [1.82, 2.24) is 9.97 Å². The van der Waals surface area contributed by atoms with Crippen molar-refractivity contribution in [1.29, 1.82) is 0 Å². The summed E-state index contributed by atoms with van der Waals surface area (Å²) in [6.45, 7) is 0.0982. The van der Waals surface area contributed by atoms with Gasteiger partial charge in [0.1, 0.15) is 5.15 Å². The fraction of sp³-hybridized carbons (Fsp3) is 0.444. The Hall–Kier alpha value is -1.20. The standard InChI is InChI=1S/C9H12ClN3O2/c10-7-4-5-11-9(12-7)13-8(15)3-1-2-6-14/h4-5,14H,1-3,6H2,(H,11,12,13,15). The Morgan fingerprint density at radius 3 is 3.00 bits per heavy atom. The Morgan fingerprint density at radius 2 is 2.33 bits per heavy atom. The van der Waals surface area contributed by atoms with E-state index in [0.717, 1.165) is 0 Å². The van der Waals surface area contributed by atoms with Gasteiger partial charge in [-0.15, -0.1) is 0 Å². The van der Waals surface area contributed by atoms with Crippen LogP contribution in [0.4, 0.5) is 5.95 Å². The third-order valence-corrected chi connectivity index (χ3v) is 1.90. The fourth-order valence-electron chi connectivity index (χ4n) is 0.981. The molecule has 6 heteroatoms. The van der Waals surface area contributed by atoms with Crippen LogP contribution in [-0.4, -0.2) is 27.6 Å². The smallest absolute Gasteiger partial charge is 0.230 e. The van der Waals surface area contributed by atoms with Crippen LogP contribution in [0.25, 0.3) is 0 Å². The van der Waals surface area contributed by atoms with Gasteiger partial charge in [0.15, 0.2) is 0 Å². The molecule has 1 aromatic rings. The topological polar surface area (TPSA) is 75.1 Å². The van der Waals surface area contributed by atoms with Gasteiger partial charge in [-0.3, -0.25) is 10.1 Å². The average Bonchev–Trinajstić information content (AvgIpc) is 2.18. The lowest BCUT2D eigenvalue weighted by Crippen LogP contribution is -2.13. The van der Waals surface area contributed by atoms with Crippen molar-refractivity contribution in [2.75, 3.05) is 11.9 Å². The molecule has 0 spiro atoms. The highest BCUT2D eigenvalue weighted by Gasteiger charge is 2.04. The second-order valence-corrected chi connectivity index (χ2v) is 3.32. The zero-order chi connectivity index (χ0) is 11.1. The maximum atomic E-state index is 11.3. The van der Waals surface area contributed by atoms with Crippen LogP contribution in [0.5, 0.6) is 0 Å². The molecule has 1 rings (SSSR count). The van der Waals surface area contributed by atoms with Gasteiger partial charge in [0, 0.05) is 19.2 Å². The second-order valence-electron chi connectivity index (χ2n) is 2.93. The van der Waals surface area contributed by atoms with Crippen molar-refractivity contribution in [3.8, 4) is 0 Å². The number of nitrogens with one attached hydrogen (secondary N) is 1. The number of hydrogen-bond donors (Lipinski definition) is 2. The monoisotopic (exact) mass is 229 g/mol. The Morgan fingerprint density at radius 1 is 1.53 bits per heavy atom. The molecule has 82 valence electrons. The van der Waals surface area contributed by atoms with Gasteiger partial charge in [0.25, 0.3) is 0 Å². The Labute approximate surface area is 92.5 Å². The van der Waals surface area contributed by atoms with E-state index in [4.69, 9.17) is 16.7 Å². The molecule has 0 saturated heterocycles. The van der Waals surface area contributed by atoms with E-state index in [0.29, 0.717) is 19.3 Å². The minimum absolute atomic E-state index is 0.0982. The Bertz CT molecular complexity index is 333. The predicted octanol–water partition coefficient (Wildman–Crippen LogP) is 1.23. The summed E-state index contributed by atoms with van der Waals surface area (Å²) in [5.41, 5.74) is 0. The van der Waals surface area contributed by atoms with E-state index in [1.165, 1.54) is 12.3 Å². The Balaban J connectivity index is 2.37. The molecule has 0 atom stereocenters. The van der Waals surface area contributed by atoms with Gasteiger partial charge >= 0.3 is 0 Å². The lowest BCUT2D eigenvalue weighted by atomic mass is 10.2. The quantitative estimate of drug-likeness (QED) is 0.588. The van der Waals surface area contributed by atoms with Crippen LogP contribution in [-0.2, 0) is 4.79 Å². The van der Waals surface area contributed by atoms with E-state index < -0.39 is 0 Å². The van der Waals surface area contributed by atoms with Gasteiger partial charge in [-0.25, -0.2) is 9.97 Å². The molecule has 0 bridgehead atoms. The van der Waals surface area contributed by atoms with Gasteiger partial charge < -0.3 is 5.11 Å². The number of halogens is 1. The molecule has 0 fully saturated rings. The third kappa shape index (κ3) is 4.71. The minimum atomic E-state index is -0.175. The van der Waals surface area contributed by atoms with Crippen LogP contribution >= 0.6 is 11.6 Å². The highest BCUT2D eigenvalue weighted by molar-refractivity contribution is 6.29. The lowest BCUT2D eigenvalue weighted by molar-refractivity contribution is -0.116. The molecule has 0 aliphatic carbocycles. The summed E-state index contributed by atoms with van der Waals surface area (Å²) in [7, 11) is 0.